The van der Waals surface area contributed by atoms with Gasteiger partial charge in [-0.2, -0.15) is 0 Å². The van der Waals surface area contributed by atoms with Gasteiger partial charge in [-0.15, -0.1) is 5.10 Å². The third-order valence-electron chi connectivity index (χ3n) is 3.89. The molecule has 2 fully saturated rings. The molecule has 7 heteroatoms. The van der Waals surface area contributed by atoms with E-state index >= 15 is 0 Å². The summed E-state index contributed by atoms with van der Waals surface area (Å²) in [7, 11) is 3.63. The fraction of sp³-hybridized carbons (Fsp3) is 0.833. The maximum absolute atomic E-state index is 12.1. The lowest BCUT2D eigenvalue weighted by molar-refractivity contribution is -0.133. The largest absolute Gasteiger partial charge is 0.347 e. The Morgan fingerprint density at radius 1 is 1.37 bits per heavy atom. The molecule has 0 N–H and O–H groups in total. The third-order valence-corrected chi connectivity index (χ3v) is 3.89. The van der Waals surface area contributed by atoms with Gasteiger partial charge in [-0.25, -0.2) is 4.68 Å². The number of likely N-dealkylation sites (tertiary alicyclic amines) is 1. The molecule has 104 valence electrons. The molecule has 1 saturated heterocycles. The summed E-state index contributed by atoms with van der Waals surface area (Å²) in [5.74, 6) is 1.07. The normalized spacial score (nSPS) is 23.8. The quantitative estimate of drug-likeness (QED) is 0.769. The van der Waals surface area contributed by atoms with Gasteiger partial charge in [0.1, 0.15) is 0 Å². The second-order valence-electron chi connectivity index (χ2n) is 5.63. The van der Waals surface area contributed by atoms with Gasteiger partial charge in [-0.3, -0.25) is 9.69 Å². The number of tetrazole rings is 1. The Kier molecular flexibility index (Phi) is 3.22. The molecule has 3 rings (SSSR count). The first kappa shape index (κ1) is 12.5. The molecule has 1 amide bonds. The van der Waals surface area contributed by atoms with Crippen molar-refractivity contribution in [3.05, 3.63) is 5.82 Å². The Labute approximate surface area is 112 Å². The summed E-state index contributed by atoms with van der Waals surface area (Å²) in [6, 6.07) is 0.468. The molecule has 0 bridgehead atoms. The molecule has 2 heterocycles. The maximum Gasteiger partial charge on any atom is 0.239 e. The molecule has 0 radical (unpaired) electrons. The number of nitrogens with zero attached hydrogens (tertiary/aromatic N) is 6. The molecule has 0 unspecified atom stereocenters. The maximum atomic E-state index is 12.1. The SMILES string of the molecule is CN(C)C(=O)[C@H]1CCCN1Cc1nnnn1C1CC1. The van der Waals surface area contributed by atoms with Gasteiger partial charge in [0.25, 0.3) is 0 Å². The number of amides is 1. The van der Waals surface area contributed by atoms with Gasteiger partial charge in [-0.1, -0.05) is 0 Å². The van der Waals surface area contributed by atoms with E-state index in [1.54, 1.807) is 4.90 Å². The van der Waals surface area contributed by atoms with Crippen molar-refractivity contribution >= 4 is 5.91 Å². The molecule has 1 aliphatic carbocycles. The second kappa shape index (κ2) is 4.88. The molecule has 0 spiro atoms. The van der Waals surface area contributed by atoms with Crippen LogP contribution in [0.4, 0.5) is 0 Å². The number of rotatable bonds is 4. The van der Waals surface area contributed by atoms with Crippen molar-refractivity contribution in [2.45, 2.75) is 44.3 Å². The third kappa shape index (κ3) is 2.47. The van der Waals surface area contributed by atoms with Gasteiger partial charge in [0.05, 0.1) is 18.6 Å². The zero-order valence-electron chi connectivity index (χ0n) is 11.5. The van der Waals surface area contributed by atoms with Gasteiger partial charge in [0.2, 0.25) is 5.91 Å². The lowest BCUT2D eigenvalue weighted by Crippen LogP contribution is -2.42. The number of carbonyl (C=O) groups is 1. The molecule has 19 heavy (non-hydrogen) atoms. The van der Waals surface area contributed by atoms with E-state index < -0.39 is 0 Å². The average molecular weight is 264 g/mol. The van der Waals surface area contributed by atoms with Crippen LogP contribution in [-0.2, 0) is 11.3 Å². The minimum absolute atomic E-state index is 0.0145. The van der Waals surface area contributed by atoms with Crippen LogP contribution in [0.5, 0.6) is 0 Å². The molecule has 1 atom stereocenters. The summed E-state index contributed by atoms with van der Waals surface area (Å²) in [5, 5.41) is 11.9. The monoisotopic (exact) mass is 264 g/mol. The van der Waals surface area contributed by atoms with E-state index in [9.17, 15) is 4.79 Å². The Bertz CT molecular complexity index is 467. The standard InChI is InChI=1S/C12H20N6O/c1-16(2)12(19)10-4-3-7-17(10)8-11-13-14-15-18(11)9-5-6-9/h9-10H,3-8H2,1-2H3/t10-/m1/s1. The molecule has 1 aromatic rings. The molecule has 1 saturated carbocycles. The van der Waals surface area contributed by atoms with Gasteiger partial charge in [0.15, 0.2) is 5.82 Å². The first-order valence-corrected chi connectivity index (χ1v) is 6.89. The van der Waals surface area contributed by atoms with E-state index in [1.807, 2.05) is 18.8 Å². The first-order chi connectivity index (χ1) is 9.16. The molecular weight excluding hydrogens is 244 g/mol. The van der Waals surface area contributed by atoms with Crippen LogP contribution in [0, 0.1) is 0 Å². The lowest BCUT2D eigenvalue weighted by atomic mass is 10.2. The minimum atomic E-state index is -0.0145. The molecule has 7 nitrogen and oxygen atoms in total. The van der Waals surface area contributed by atoms with Crippen LogP contribution < -0.4 is 0 Å². The van der Waals surface area contributed by atoms with Crippen LogP contribution in [0.15, 0.2) is 0 Å². The van der Waals surface area contributed by atoms with Crippen molar-refractivity contribution in [1.29, 1.82) is 0 Å². The van der Waals surface area contributed by atoms with Gasteiger partial charge in [-0.05, 0) is 42.7 Å². The van der Waals surface area contributed by atoms with Crippen molar-refractivity contribution < 1.29 is 4.79 Å². The molecule has 0 aromatic carbocycles. The zero-order chi connectivity index (χ0) is 13.4. The van der Waals surface area contributed by atoms with Crippen molar-refractivity contribution in [2.75, 3.05) is 20.6 Å². The summed E-state index contributed by atoms with van der Waals surface area (Å²) in [4.78, 5) is 16.0. The van der Waals surface area contributed by atoms with E-state index in [0.717, 1.165) is 38.1 Å². The van der Waals surface area contributed by atoms with E-state index in [1.165, 1.54) is 0 Å². The highest BCUT2D eigenvalue weighted by Gasteiger charge is 2.34. The Morgan fingerprint density at radius 3 is 2.84 bits per heavy atom. The number of hydrogen-bond donors (Lipinski definition) is 0. The lowest BCUT2D eigenvalue weighted by Gasteiger charge is -2.25. The number of carbonyl (C=O) groups excluding carboxylic acids is 1. The van der Waals surface area contributed by atoms with Crippen molar-refractivity contribution in [2.24, 2.45) is 0 Å². The Balaban J connectivity index is 1.71. The Morgan fingerprint density at radius 2 is 2.16 bits per heavy atom. The van der Waals surface area contributed by atoms with E-state index in [-0.39, 0.29) is 11.9 Å². The van der Waals surface area contributed by atoms with Gasteiger partial charge in [0, 0.05) is 14.1 Å². The highest BCUT2D eigenvalue weighted by molar-refractivity contribution is 5.81. The van der Waals surface area contributed by atoms with E-state index in [2.05, 4.69) is 20.4 Å². The van der Waals surface area contributed by atoms with E-state index in [0.29, 0.717) is 12.6 Å². The fourth-order valence-corrected chi connectivity index (χ4v) is 2.69. The van der Waals surface area contributed by atoms with Crippen LogP contribution in [0.3, 0.4) is 0 Å². The summed E-state index contributed by atoms with van der Waals surface area (Å²) in [5.41, 5.74) is 0. The highest BCUT2D eigenvalue weighted by atomic mass is 16.2. The van der Waals surface area contributed by atoms with Crippen LogP contribution in [0.25, 0.3) is 0 Å². The smallest absolute Gasteiger partial charge is 0.239 e. The van der Waals surface area contributed by atoms with Crippen molar-refractivity contribution in [1.82, 2.24) is 30.0 Å². The van der Waals surface area contributed by atoms with Crippen LogP contribution in [0.1, 0.15) is 37.5 Å². The number of hydrogen-bond acceptors (Lipinski definition) is 5. The summed E-state index contributed by atoms with van der Waals surface area (Å²) >= 11 is 0. The van der Waals surface area contributed by atoms with Gasteiger partial charge >= 0.3 is 0 Å². The number of aromatic nitrogens is 4. The average Bonchev–Trinajstić information content (AvgIpc) is 2.95. The second-order valence-corrected chi connectivity index (χ2v) is 5.63. The number of likely N-dealkylation sites (N-methyl/N-ethyl adjacent to an activating group) is 1. The van der Waals surface area contributed by atoms with Crippen molar-refractivity contribution in [3.63, 3.8) is 0 Å². The molecule has 2 aliphatic rings. The van der Waals surface area contributed by atoms with Crippen LogP contribution in [0.2, 0.25) is 0 Å². The predicted molar refractivity (Wildman–Crippen MR) is 68.2 cm³/mol. The van der Waals surface area contributed by atoms with Crippen LogP contribution in [-0.4, -0.2) is 62.6 Å². The highest BCUT2D eigenvalue weighted by Crippen LogP contribution is 2.34. The van der Waals surface area contributed by atoms with Crippen LogP contribution >= 0.6 is 0 Å². The fourth-order valence-electron chi connectivity index (χ4n) is 2.69. The summed E-state index contributed by atoms with van der Waals surface area (Å²) in [6.07, 6.45) is 4.33. The first-order valence-electron chi connectivity index (χ1n) is 6.89. The van der Waals surface area contributed by atoms with E-state index in [4.69, 9.17) is 0 Å². The topological polar surface area (TPSA) is 67.2 Å². The summed E-state index contributed by atoms with van der Waals surface area (Å²) in [6.45, 7) is 1.62. The Hall–Kier alpha value is -1.50. The van der Waals surface area contributed by atoms with Crippen molar-refractivity contribution in [3.8, 4) is 0 Å². The predicted octanol–water partition coefficient (Wildman–Crippen LogP) is 0.0606. The zero-order valence-corrected chi connectivity index (χ0v) is 11.5. The molecule has 1 aliphatic heterocycles. The molecular formula is C12H20N6O. The summed E-state index contributed by atoms with van der Waals surface area (Å²) < 4.78 is 1.93. The minimum Gasteiger partial charge on any atom is -0.347 e. The molecule has 1 aromatic heterocycles. The van der Waals surface area contributed by atoms with Gasteiger partial charge < -0.3 is 4.90 Å².